The quantitative estimate of drug-likeness (QED) is 0.577. The lowest BCUT2D eigenvalue weighted by Gasteiger charge is -2.32. The molecule has 0 bridgehead atoms. The van der Waals surface area contributed by atoms with Crippen LogP contribution in [0.4, 0.5) is 14.6 Å². The molecule has 36 heavy (non-hydrogen) atoms. The smallest absolute Gasteiger partial charge is 0.245 e. The lowest BCUT2D eigenvalue weighted by atomic mass is 9.99. The second-order valence-electron chi connectivity index (χ2n) is 8.77. The zero-order chi connectivity index (χ0) is 25.4. The average molecular weight is 495 g/mol. The van der Waals surface area contributed by atoms with E-state index in [1.807, 2.05) is 6.08 Å². The normalized spacial score (nSPS) is 16.9. The highest BCUT2D eigenvalue weighted by atomic mass is 19.2. The summed E-state index contributed by atoms with van der Waals surface area (Å²) in [7, 11) is 0. The van der Waals surface area contributed by atoms with Gasteiger partial charge in [-0.05, 0) is 59.5 Å². The van der Waals surface area contributed by atoms with Gasteiger partial charge in [0.15, 0.2) is 17.5 Å². The highest BCUT2D eigenvalue weighted by Crippen LogP contribution is 2.30. The van der Waals surface area contributed by atoms with Crippen LogP contribution in [0.15, 0.2) is 36.5 Å². The topological polar surface area (TPSA) is 123 Å². The van der Waals surface area contributed by atoms with E-state index in [9.17, 15) is 18.4 Å². The van der Waals surface area contributed by atoms with Crippen molar-refractivity contribution in [3.05, 3.63) is 53.7 Å². The van der Waals surface area contributed by atoms with Crippen molar-refractivity contribution in [2.75, 3.05) is 25.4 Å². The SMILES string of the molecule is C[C@@H](C(=O)N1CC=C(c2cnc(N)c(-c3nnnn3-c3cccc(F)c3F)c2)CC1)N1CCCC1=O. The van der Waals surface area contributed by atoms with Gasteiger partial charge in [-0.1, -0.05) is 12.1 Å². The van der Waals surface area contributed by atoms with Gasteiger partial charge in [-0.3, -0.25) is 9.59 Å². The Labute approximate surface area is 205 Å². The molecule has 0 aliphatic carbocycles. The van der Waals surface area contributed by atoms with Crippen LogP contribution in [-0.4, -0.2) is 72.5 Å². The Morgan fingerprint density at radius 2 is 2.03 bits per heavy atom. The fourth-order valence-corrected chi connectivity index (χ4v) is 4.61. The van der Waals surface area contributed by atoms with E-state index in [-0.39, 0.29) is 29.1 Å². The first-order valence-corrected chi connectivity index (χ1v) is 11.6. The molecule has 2 aromatic heterocycles. The summed E-state index contributed by atoms with van der Waals surface area (Å²) in [6, 6.07) is 4.99. The Hall–Kier alpha value is -4.22. The van der Waals surface area contributed by atoms with Crippen LogP contribution in [0.1, 0.15) is 31.7 Å². The summed E-state index contributed by atoms with van der Waals surface area (Å²) in [5.74, 6) is -1.92. The second-order valence-corrected chi connectivity index (χ2v) is 8.77. The number of nitrogen functional groups attached to an aromatic ring is 1. The molecule has 10 nitrogen and oxygen atoms in total. The molecule has 1 fully saturated rings. The van der Waals surface area contributed by atoms with E-state index in [1.54, 1.807) is 29.0 Å². The van der Waals surface area contributed by atoms with Crippen molar-refractivity contribution in [1.29, 1.82) is 0 Å². The van der Waals surface area contributed by atoms with Gasteiger partial charge in [-0.2, -0.15) is 4.68 Å². The van der Waals surface area contributed by atoms with Crippen molar-refractivity contribution in [3.63, 3.8) is 0 Å². The van der Waals surface area contributed by atoms with Crippen molar-refractivity contribution >= 4 is 23.2 Å². The van der Waals surface area contributed by atoms with Crippen LogP contribution in [0.2, 0.25) is 0 Å². The third-order valence-electron chi connectivity index (χ3n) is 6.61. The monoisotopic (exact) mass is 494 g/mol. The molecule has 1 aromatic carbocycles. The fraction of sp³-hybridized carbons (Fsp3) is 0.333. The van der Waals surface area contributed by atoms with E-state index in [4.69, 9.17) is 5.73 Å². The van der Waals surface area contributed by atoms with Crippen LogP contribution in [0.5, 0.6) is 0 Å². The minimum atomic E-state index is -1.08. The number of carbonyl (C=O) groups excluding carboxylic acids is 2. The number of hydrogen-bond acceptors (Lipinski definition) is 7. The van der Waals surface area contributed by atoms with Crippen LogP contribution in [-0.2, 0) is 9.59 Å². The van der Waals surface area contributed by atoms with E-state index in [1.165, 1.54) is 12.1 Å². The number of tetrazole rings is 1. The van der Waals surface area contributed by atoms with Gasteiger partial charge in [-0.15, -0.1) is 5.10 Å². The van der Waals surface area contributed by atoms with Crippen molar-refractivity contribution in [2.24, 2.45) is 0 Å². The van der Waals surface area contributed by atoms with Gasteiger partial charge >= 0.3 is 0 Å². The largest absolute Gasteiger partial charge is 0.383 e. The number of carbonyl (C=O) groups is 2. The minimum Gasteiger partial charge on any atom is -0.383 e. The van der Waals surface area contributed by atoms with Gasteiger partial charge in [-0.25, -0.2) is 13.8 Å². The minimum absolute atomic E-state index is 0.0185. The number of pyridine rings is 1. The van der Waals surface area contributed by atoms with Gasteiger partial charge in [0.05, 0.1) is 5.56 Å². The number of benzene rings is 1. The molecular formula is C24H24F2N8O2. The standard InChI is InChI=1S/C24H24F2N8O2/c1-14(33-9-3-6-20(33)35)24(36)32-10-7-15(8-11-32)16-12-17(22(27)28-13-16)23-29-30-31-34(23)19-5-2-4-18(25)21(19)26/h2,4-5,7,12-14H,3,6,8-11H2,1H3,(H2,27,28)/t14-/m0/s1. The van der Waals surface area contributed by atoms with Crippen molar-refractivity contribution in [1.82, 2.24) is 35.0 Å². The van der Waals surface area contributed by atoms with E-state index >= 15 is 0 Å². The molecule has 186 valence electrons. The molecule has 2 aliphatic heterocycles. The first kappa shape index (κ1) is 23.5. The number of likely N-dealkylation sites (tertiary alicyclic amines) is 1. The zero-order valence-electron chi connectivity index (χ0n) is 19.6. The van der Waals surface area contributed by atoms with E-state index < -0.39 is 17.7 Å². The molecule has 1 saturated heterocycles. The third kappa shape index (κ3) is 4.18. The van der Waals surface area contributed by atoms with Gasteiger partial charge in [0, 0.05) is 32.3 Å². The Morgan fingerprint density at radius 1 is 1.19 bits per heavy atom. The van der Waals surface area contributed by atoms with Crippen LogP contribution in [0.3, 0.4) is 0 Å². The molecule has 0 unspecified atom stereocenters. The number of rotatable bonds is 5. The summed E-state index contributed by atoms with van der Waals surface area (Å²) in [6.45, 7) is 3.27. The molecule has 0 radical (unpaired) electrons. The molecular weight excluding hydrogens is 470 g/mol. The molecule has 1 atom stereocenters. The number of nitrogens with two attached hydrogens (primary N) is 1. The first-order chi connectivity index (χ1) is 17.3. The first-order valence-electron chi connectivity index (χ1n) is 11.6. The lowest BCUT2D eigenvalue weighted by molar-refractivity contribution is -0.142. The maximum absolute atomic E-state index is 14.4. The molecule has 2 amide bonds. The van der Waals surface area contributed by atoms with E-state index in [0.717, 1.165) is 28.3 Å². The third-order valence-corrected chi connectivity index (χ3v) is 6.61. The average Bonchev–Trinajstić information content (AvgIpc) is 3.54. The van der Waals surface area contributed by atoms with Crippen LogP contribution in [0.25, 0.3) is 22.6 Å². The summed E-state index contributed by atoms with van der Waals surface area (Å²) in [5.41, 5.74) is 8.01. The molecule has 4 heterocycles. The Kier molecular flexibility index (Phi) is 6.17. The predicted octanol–water partition coefficient (Wildman–Crippen LogP) is 2.21. The van der Waals surface area contributed by atoms with Crippen LogP contribution in [0, 0.1) is 11.6 Å². The Balaban J connectivity index is 1.39. The van der Waals surface area contributed by atoms with Crippen LogP contribution < -0.4 is 5.73 Å². The number of aromatic nitrogens is 5. The van der Waals surface area contributed by atoms with E-state index in [0.29, 0.717) is 38.0 Å². The fourth-order valence-electron chi connectivity index (χ4n) is 4.61. The van der Waals surface area contributed by atoms with Gasteiger partial charge < -0.3 is 15.5 Å². The summed E-state index contributed by atoms with van der Waals surface area (Å²) < 4.78 is 29.3. The van der Waals surface area contributed by atoms with Gasteiger partial charge in [0.2, 0.25) is 11.8 Å². The molecule has 0 spiro atoms. The number of hydrogen-bond donors (Lipinski definition) is 1. The number of amides is 2. The maximum atomic E-state index is 14.4. The molecule has 2 aliphatic rings. The Morgan fingerprint density at radius 3 is 2.75 bits per heavy atom. The zero-order valence-corrected chi connectivity index (χ0v) is 19.6. The number of nitrogens with zero attached hydrogens (tertiary/aromatic N) is 7. The maximum Gasteiger partial charge on any atom is 0.245 e. The number of halogens is 2. The van der Waals surface area contributed by atoms with Crippen LogP contribution >= 0.6 is 0 Å². The summed E-state index contributed by atoms with van der Waals surface area (Å²) in [4.78, 5) is 32.6. The van der Waals surface area contributed by atoms with Gasteiger partial charge in [0.1, 0.15) is 17.5 Å². The molecule has 2 N–H and O–H groups in total. The summed E-state index contributed by atoms with van der Waals surface area (Å²) in [6.07, 6.45) is 5.39. The second kappa shape index (κ2) is 9.44. The van der Waals surface area contributed by atoms with Crippen molar-refractivity contribution in [3.8, 4) is 17.1 Å². The Bertz CT molecular complexity index is 1370. The molecule has 0 saturated carbocycles. The molecule has 12 heteroatoms. The highest BCUT2D eigenvalue weighted by molar-refractivity contribution is 5.89. The van der Waals surface area contributed by atoms with Gasteiger partial charge in [0.25, 0.3) is 0 Å². The van der Waals surface area contributed by atoms with E-state index in [2.05, 4.69) is 20.5 Å². The van der Waals surface area contributed by atoms with Crippen molar-refractivity contribution < 1.29 is 18.4 Å². The summed E-state index contributed by atoms with van der Waals surface area (Å²) in [5, 5.41) is 11.4. The lowest BCUT2D eigenvalue weighted by Crippen LogP contribution is -2.48. The highest BCUT2D eigenvalue weighted by Gasteiger charge is 2.32. The molecule has 5 rings (SSSR count). The summed E-state index contributed by atoms with van der Waals surface area (Å²) >= 11 is 0. The predicted molar refractivity (Wildman–Crippen MR) is 126 cm³/mol. The van der Waals surface area contributed by atoms with Crippen molar-refractivity contribution in [2.45, 2.75) is 32.2 Å². The molecule has 3 aromatic rings. The number of anilines is 1.